The normalized spacial score (nSPS) is 10.2. The van der Waals surface area contributed by atoms with Crippen LogP contribution in [0.3, 0.4) is 0 Å². The van der Waals surface area contributed by atoms with Crippen LogP contribution in [0.15, 0.2) is 48.5 Å². The van der Waals surface area contributed by atoms with Crippen LogP contribution in [0.5, 0.6) is 5.75 Å². The van der Waals surface area contributed by atoms with Crippen molar-refractivity contribution in [2.24, 2.45) is 0 Å². The Labute approximate surface area is 148 Å². The second-order valence-corrected chi connectivity index (χ2v) is 5.86. The Kier molecular flexibility index (Phi) is 6.57. The van der Waals surface area contributed by atoms with Gasteiger partial charge in [0.25, 0.3) is 0 Å². The molecule has 0 aliphatic heterocycles. The smallest absolute Gasteiger partial charge is 0.224 e. The first-order chi connectivity index (χ1) is 12.0. The van der Waals surface area contributed by atoms with Gasteiger partial charge in [0.15, 0.2) is 0 Å². The predicted octanol–water partition coefficient (Wildman–Crippen LogP) is 2.72. The fourth-order valence-electron chi connectivity index (χ4n) is 2.68. The van der Waals surface area contributed by atoms with E-state index in [1.165, 1.54) is 6.92 Å². The number of rotatable bonds is 7. The van der Waals surface area contributed by atoms with Crippen molar-refractivity contribution in [1.29, 1.82) is 0 Å². The molecule has 0 bridgehead atoms. The molecule has 0 radical (unpaired) electrons. The number of aryl methyl sites for hydroxylation is 1. The first kappa shape index (κ1) is 18.5. The summed E-state index contributed by atoms with van der Waals surface area (Å²) in [5.74, 6) is 0.468. The molecule has 0 aromatic heterocycles. The summed E-state index contributed by atoms with van der Waals surface area (Å²) in [6.07, 6.45) is 0.330. The van der Waals surface area contributed by atoms with Crippen molar-refractivity contribution in [3.05, 3.63) is 59.7 Å². The SMILES string of the molecule is COc1ccccc1N(CCNC(=O)Cc1cccc(C)c1)C(C)=O. The maximum absolute atomic E-state index is 12.1. The van der Waals surface area contributed by atoms with E-state index in [9.17, 15) is 9.59 Å². The molecule has 0 spiro atoms. The fraction of sp³-hybridized carbons (Fsp3) is 0.300. The molecular weight excluding hydrogens is 316 g/mol. The zero-order valence-electron chi connectivity index (χ0n) is 14.9. The lowest BCUT2D eigenvalue weighted by atomic mass is 10.1. The largest absolute Gasteiger partial charge is 0.495 e. The lowest BCUT2D eigenvalue weighted by molar-refractivity contribution is -0.121. The third-order valence-corrected chi connectivity index (χ3v) is 3.86. The van der Waals surface area contributed by atoms with Crippen LogP contribution in [0.2, 0.25) is 0 Å². The molecule has 25 heavy (non-hydrogen) atoms. The zero-order chi connectivity index (χ0) is 18.2. The second kappa shape index (κ2) is 8.87. The highest BCUT2D eigenvalue weighted by molar-refractivity contribution is 5.93. The molecule has 132 valence electrons. The Morgan fingerprint density at radius 1 is 1.12 bits per heavy atom. The predicted molar refractivity (Wildman–Crippen MR) is 98.9 cm³/mol. The highest BCUT2D eigenvalue weighted by Crippen LogP contribution is 2.27. The van der Waals surface area contributed by atoms with E-state index in [1.54, 1.807) is 12.0 Å². The molecule has 5 heteroatoms. The molecule has 0 atom stereocenters. The summed E-state index contributed by atoms with van der Waals surface area (Å²) < 4.78 is 5.31. The average Bonchev–Trinajstić information content (AvgIpc) is 2.58. The Morgan fingerprint density at radius 3 is 2.56 bits per heavy atom. The van der Waals surface area contributed by atoms with Crippen molar-refractivity contribution >= 4 is 17.5 Å². The molecule has 2 aromatic carbocycles. The monoisotopic (exact) mass is 340 g/mol. The van der Waals surface area contributed by atoms with E-state index in [-0.39, 0.29) is 11.8 Å². The molecule has 5 nitrogen and oxygen atoms in total. The van der Waals surface area contributed by atoms with Gasteiger partial charge in [0.1, 0.15) is 5.75 Å². The Hall–Kier alpha value is -2.82. The molecule has 0 unspecified atom stereocenters. The van der Waals surface area contributed by atoms with E-state index in [2.05, 4.69) is 5.32 Å². The molecule has 2 rings (SSSR count). The lowest BCUT2D eigenvalue weighted by Crippen LogP contribution is -2.38. The van der Waals surface area contributed by atoms with Gasteiger partial charge in [-0.05, 0) is 24.6 Å². The number of hydrogen-bond donors (Lipinski definition) is 1. The summed E-state index contributed by atoms with van der Waals surface area (Å²) in [7, 11) is 1.57. The summed E-state index contributed by atoms with van der Waals surface area (Å²) in [5, 5.41) is 2.87. The number of para-hydroxylation sites is 2. The van der Waals surface area contributed by atoms with Crippen molar-refractivity contribution in [3.8, 4) is 5.75 Å². The van der Waals surface area contributed by atoms with E-state index in [0.717, 1.165) is 11.1 Å². The van der Waals surface area contributed by atoms with Gasteiger partial charge in [-0.3, -0.25) is 9.59 Å². The molecule has 0 fully saturated rings. The van der Waals surface area contributed by atoms with Crippen LogP contribution in [0, 0.1) is 6.92 Å². The Morgan fingerprint density at radius 2 is 1.88 bits per heavy atom. The third-order valence-electron chi connectivity index (χ3n) is 3.86. The number of methoxy groups -OCH3 is 1. The van der Waals surface area contributed by atoms with Crippen LogP contribution in [0.25, 0.3) is 0 Å². The molecule has 2 aromatic rings. The van der Waals surface area contributed by atoms with Gasteiger partial charge in [-0.2, -0.15) is 0 Å². The van der Waals surface area contributed by atoms with Gasteiger partial charge in [-0.1, -0.05) is 42.0 Å². The highest BCUT2D eigenvalue weighted by atomic mass is 16.5. The van der Waals surface area contributed by atoms with Crippen LogP contribution in [-0.4, -0.2) is 32.0 Å². The zero-order valence-corrected chi connectivity index (χ0v) is 14.9. The molecule has 1 N–H and O–H groups in total. The quantitative estimate of drug-likeness (QED) is 0.843. The summed E-state index contributed by atoms with van der Waals surface area (Å²) in [4.78, 5) is 25.7. The number of nitrogens with zero attached hydrogens (tertiary/aromatic N) is 1. The Balaban J connectivity index is 1.93. The number of benzene rings is 2. The number of carbonyl (C=O) groups is 2. The number of nitrogens with one attached hydrogen (secondary N) is 1. The van der Waals surface area contributed by atoms with Gasteiger partial charge < -0.3 is 15.0 Å². The molecular formula is C20H24N2O3. The number of hydrogen-bond acceptors (Lipinski definition) is 3. The van der Waals surface area contributed by atoms with Gasteiger partial charge in [0, 0.05) is 20.0 Å². The van der Waals surface area contributed by atoms with E-state index in [4.69, 9.17) is 4.74 Å². The number of amides is 2. The lowest BCUT2D eigenvalue weighted by Gasteiger charge is -2.23. The molecule has 2 amide bonds. The molecule has 0 heterocycles. The van der Waals surface area contributed by atoms with E-state index >= 15 is 0 Å². The van der Waals surface area contributed by atoms with Crippen molar-refractivity contribution in [2.75, 3.05) is 25.1 Å². The van der Waals surface area contributed by atoms with Gasteiger partial charge >= 0.3 is 0 Å². The molecule has 0 saturated heterocycles. The number of ether oxygens (including phenoxy) is 1. The fourth-order valence-corrected chi connectivity index (χ4v) is 2.68. The maximum atomic E-state index is 12.1. The molecule has 0 saturated carbocycles. The second-order valence-electron chi connectivity index (χ2n) is 5.86. The van der Waals surface area contributed by atoms with Crippen molar-refractivity contribution in [3.63, 3.8) is 0 Å². The Bertz CT molecular complexity index is 743. The summed E-state index contributed by atoms with van der Waals surface area (Å²) in [6, 6.07) is 15.2. The first-order valence-corrected chi connectivity index (χ1v) is 8.24. The van der Waals surface area contributed by atoms with Crippen molar-refractivity contribution < 1.29 is 14.3 Å². The average molecular weight is 340 g/mol. The standard InChI is InChI=1S/C20H24N2O3/c1-15-7-6-8-17(13-15)14-20(24)21-11-12-22(16(2)23)18-9-4-5-10-19(18)25-3/h4-10,13H,11-12,14H2,1-3H3,(H,21,24). The minimum atomic E-state index is -0.0996. The maximum Gasteiger partial charge on any atom is 0.224 e. The molecule has 0 aliphatic rings. The first-order valence-electron chi connectivity index (χ1n) is 8.24. The van der Waals surface area contributed by atoms with E-state index in [0.29, 0.717) is 30.9 Å². The number of anilines is 1. The minimum Gasteiger partial charge on any atom is -0.495 e. The topological polar surface area (TPSA) is 58.6 Å². The van der Waals surface area contributed by atoms with Crippen LogP contribution in [0.1, 0.15) is 18.1 Å². The molecule has 0 aliphatic carbocycles. The summed E-state index contributed by atoms with van der Waals surface area (Å²) in [6.45, 7) is 4.26. The van der Waals surface area contributed by atoms with Gasteiger partial charge in [0.05, 0.1) is 19.2 Å². The van der Waals surface area contributed by atoms with Crippen LogP contribution in [-0.2, 0) is 16.0 Å². The third kappa shape index (κ3) is 5.35. The summed E-state index contributed by atoms with van der Waals surface area (Å²) in [5.41, 5.74) is 2.81. The van der Waals surface area contributed by atoms with Crippen LogP contribution in [0.4, 0.5) is 5.69 Å². The minimum absolute atomic E-state index is 0.0610. The van der Waals surface area contributed by atoms with Gasteiger partial charge in [-0.25, -0.2) is 0 Å². The number of carbonyl (C=O) groups excluding carboxylic acids is 2. The van der Waals surface area contributed by atoms with Crippen molar-refractivity contribution in [1.82, 2.24) is 5.32 Å². The van der Waals surface area contributed by atoms with Crippen LogP contribution >= 0.6 is 0 Å². The summed E-state index contributed by atoms with van der Waals surface area (Å²) >= 11 is 0. The highest BCUT2D eigenvalue weighted by Gasteiger charge is 2.15. The van der Waals surface area contributed by atoms with Crippen LogP contribution < -0.4 is 15.0 Å². The van der Waals surface area contributed by atoms with Gasteiger partial charge in [0.2, 0.25) is 11.8 Å². The van der Waals surface area contributed by atoms with E-state index in [1.807, 2.05) is 55.5 Å². The van der Waals surface area contributed by atoms with Crippen molar-refractivity contribution in [2.45, 2.75) is 20.3 Å². The van der Waals surface area contributed by atoms with Gasteiger partial charge in [-0.15, -0.1) is 0 Å². The van der Waals surface area contributed by atoms with E-state index < -0.39 is 0 Å².